The van der Waals surface area contributed by atoms with Crippen molar-refractivity contribution in [3.63, 3.8) is 0 Å². The number of hydrogen-bond donors (Lipinski definition) is 0. The summed E-state index contributed by atoms with van der Waals surface area (Å²) in [6.45, 7) is 0. The molecule has 0 saturated carbocycles. The van der Waals surface area contributed by atoms with E-state index in [1.54, 1.807) is 12.1 Å². The van der Waals surface area contributed by atoms with Gasteiger partial charge in [0.1, 0.15) is 0 Å². The topological polar surface area (TPSA) is 0 Å². The van der Waals surface area contributed by atoms with Crippen LogP contribution in [0.15, 0.2) is 12.1 Å². The molecule has 98 valence electrons. The minimum atomic E-state index is 0.367. The summed E-state index contributed by atoms with van der Waals surface area (Å²) in [5.74, 6) is 0. The third kappa shape index (κ3) is 2.11. The van der Waals surface area contributed by atoms with Crippen molar-refractivity contribution in [2.75, 3.05) is 0 Å². The molecule has 0 atom stereocenters. The Morgan fingerprint density at radius 1 is 0.579 bits per heavy atom. The second-order valence-corrected chi connectivity index (χ2v) is 7.22. The van der Waals surface area contributed by atoms with Gasteiger partial charge in [-0.3, -0.25) is 0 Å². The average Bonchev–Trinajstić information content (AvgIpc) is 2.75. The first kappa shape index (κ1) is 14.3. The van der Waals surface area contributed by atoms with Crippen molar-refractivity contribution in [2.45, 2.75) is 0 Å². The van der Waals surface area contributed by atoms with E-state index in [2.05, 4.69) is 0 Å². The molecule has 0 amide bonds. The summed E-state index contributed by atoms with van der Waals surface area (Å²) in [6.07, 6.45) is 0. The molecule has 0 spiro atoms. The lowest BCUT2D eigenvalue weighted by Crippen LogP contribution is -1.77. The first-order valence-corrected chi connectivity index (χ1v) is 8.03. The van der Waals surface area contributed by atoms with Crippen molar-refractivity contribution < 1.29 is 0 Å². The van der Waals surface area contributed by atoms with Crippen LogP contribution < -0.4 is 0 Å². The fourth-order valence-corrected chi connectivity index (χ4v) is 4.79. The summed E-state index contributed by atoms with van der Waals surface area (Å²) in [4.78, 5) is 0. The molecule has 1 aromatic heterocycles. The van der Waals surface area contributed by atoms with Gasteiger partial charge in [-0.2, -0.15) is 0 Å². The Kier molecular flexibility index (Phi) is 3.77. The highest BCUT2D eigenvalue weighted by molar-refractivity contribution is 7.27. The number of benzene rings is 2. The number of fused-ring (bicyclic) bond motifs is 3. The van der Waals surface area contributed by atoms with E-state index in [4.69, 9.17) is 69.6 Å². The zero-order valence-corrected chi connectivity index (χ0v) is 14.2. The van der Waals surface area contributed by atoms with Crippen molar-refractivity contribution in [3.05, 3.63) is 42.3 Å². The van der Waals surface area contributed by atoms with E-state index >= 15 is 0 Å². The largest absolute Gasteiger partial charge is 0.132 e. The molecular formula is C12H2Cl6S. The zero-order valence-electron chi connectivity index (χ0n) is 8.83. The maximum Gasteiger partial charge on any atom is 0.0687 e. The lowest BCUT2D eigenvalue weighted by Gasteiger charge is -2.03. The number of thiophene rings is 1. The zero-order chi connectivity index (χ0) is 13.9. The van der Waals surface area contributed by atoms with Gasteiger partial charge in [-0.1, -0.05) is 69.6 Å². The van der Waals surface area contributed by atoms with Gasteiger partial charge in [0.05, 0.1) is 39.5 Å². The van der Waals surface area contributed by atoms with Gasteiger partial charge >= 0.3 is 0 Å². The van der Waals surface area contributed by atoms with Crippen molar-refractivity contribution >= 4 is 101 Å². The summed E-state index contributed by atoms with van der Waals surface area (Å²) in [5, 5.41) is 3.92. The average molecular weight is 391 g/mol. The van der Waals surface area contributed by atoms with Crippen molar-refractivity contribution in [1.82, 2.24) is 0 Å². The third-order valence-electron chi connectivity index (χ3n) is 2.71. The van der Waals surface area contributed by atoms with E-state index in [1.807, 2.05) is 0 Å². The molecule has 0 aliphatic heterocycles. The van der Waals surface area contributed by atoms with E-state index in [0.29, 0.717) is 40.9 Å². The summed E-state index contributed by atoms with van der Waals surface area (Å²) in [5.41, 5.74) is 0. The monoisotopic (exact) mass is 388 g/mol. The van der Waals surface area contributed by atoms with Gasteiger partial charge in [0.25, 0.3) is 0 Å². The molecule has 3 rings (SSSR count). The summed E-state index contributed by atoms with van der Waals surface area (Å²) < 4.78 is 1.58. The predicted molar refractivity (Wildman–Crippen MR) is 89.4 cm³/mol. The molecule has 0 nitrogen and oxygen atoms in total. The Morgan fingerprint density at radius 2 is 0.947 bits per heavy atom. The lowest BCUT2D eigenvalue weighted by molar-refractivity contribution is 1.82. The van der Waals surface area contributed by atoms with Crippen LogP contribution in [0.3, 0.4) is 0 Å². The van der Waals surface area contributed by atoms with Crippen LogP contribution in [0.2, 0.25) is 30.1 Å². The summed E-state index contributed by atoms with van der Waals surface area (Å²) in [6, 6.07) is 3.21. The third-order valence-corrected chi connectivity index (χ3v) is 6.36. The minimum absolute atomic E-state index is 0.367. The molecule has 3 aromatic rings. The SMILES string of the molecule is Clc1cc(Cl)c2sc3c(Cl)cc(Cl)c(Cl)c3c2c1Cl. The molecule has 1 heterocycles. The lowest BCUT2D eigenvalue weighted by atomic mass is 10.1. The number of halogens is 6. The highest BCUT2D eigenvalue weighted by Gasteiger charge is 2.20. The van der Waals surface area contributed by atoms with Gasteiger partial charge in [-0.05, 0) is 12.1 Å². The van der Waals surface area contributed by atoms with Crippen molar-refractivity contribution in [2.24, 2.45) is 0 Å². The van der Waals surface area contributed by atoms with Gasteiger partial charge in [-0.25, -0.2) is 0 Å². The van der Waals surface area contributed by atoms with Crippen LogP contribution >= 0.6 is 80.9 Å². The van der Waals surface area contributed by atoms with Gasteiger partial charge in [0, 0.05) is 10.8 Å². The first-order chi connectivity index (χ1) is 8.91. The Bertz CT molecular complexity index is 767. The highest BCUT2D eigenvalue weighted by atomic mass is 35.5. The van der Waals surface area contributed by atoms with Crippen LogP contribution in [0.25, 0.3) is 20.2 Å². The number of hydrogen-bond acceptors (Lipinski definition) is 1. The van der Waals surface area contributed by atoms with Crippen LogP contribution in [-0.2, 0) is 0 Å². The Hall–Kier alpha value is 0.400. The molecular weight excluding hydrogens is 389 g/mol. The highest BCUT2D eigenvalue weighted by Crippen LogP contribution is 2.50. The van der Waals surface area contributed by atoms with Crippen molar-refractivity contribution in [1.29, 1.82) is 0 Å². The quantitative estimate of drug-likeness (QED) is 0.341. The second kappa shape index (κ2) is 4.99. The molecule has 0 bridgehead atoms. The number of rotatable bonds is 0. The fourth-order valence-electron chi connectivity index (χ4n) is 1.91. The molecule has 0 saturated heterocycles. The molecule has 0 radical (unpaired) electrons. The Labute approximate surface area is 142 Å². The molecule has 0 aliphatic rings. The second-order valence-electron chi connectivity index (χ2n) is 3.82. The molecule has 19 heavy (non-hydrogen) atoms. The van der Waals surface area contributed by atoms with Gasteiger partial charge in [0.2, 0.25) is 0 Å². The van der Waals surface area contributed by atoms with Crippen LogP contribution in [0.4, 0.5) is 0 Å². The van der Waals surface area contributed by atoms with E-state index in [1.165, 1.54) is 11.3 Å². The van der Waals surface area contributed by atoms with E-state index in [-0.39, 0.29) is 0 Å². The molecule has 0 unspecified atom stereocenters. The van der Waals surface area contributed by atoms with Gasteiger partial charge < -0.3 is 0 Å². The molecule has 2 aromatic carbocycles. The van der Waals surface area contributed by atoms with Crippen molar-refractivity contribution in [3.8, 4) is 0 Å². The Balaban J connectivity index is 2.71. The fraction of sp³-hybridized carbons (Fsp3) is 0. The van der Waals surface area contributed by atoms with E-state index < -0.39 is 0 Å². The van der Waals surface area contributed by atoms with Crippen LogP contribution in [-0.4, -0.2) is 0 Å². The van der Waals surface area contributed by atoms with Gasteiger partial charge in [-0.15, -0.1) is 11.3 Å². The minimum Gasteiger partial charge on any atom is -0.132 e. The normalized spacial score (nSPS) is 11.7. The molecule has 0 fully saturated rings. The summed E-state index contributed by atoms with van der Waals surface area (Å²) >= 11 is 38.5. The smallest absolute Gasteiger partial charge is 0.0687 e. The summed E-state index contributed by atoms with van der Waals surface area (Å²) in [7, 11) is 0. The van der Waals surface area contributed by atoms with Crippen LogP contribution in [0.5, 0.6) is 0 Å². The molecule has 7 heteroatoms. The first-order valence-electron chi connectivity index (χ1n) is 4.95. The maximum absolute atomic E-state index is 6.27. The van der Waals surface area contributed by atoms with Crippen LogP contribution in [0, 0.1) is 0 Å². The molecule has 0 N–H and O–H groups in total. The van der Waals surface area contributed by atoms with E-state index in [0.717, 1.165) is 9.40 Å². The van der Waals surface area contributed by atoms with Crippen LogP contribution in [0.1, 0.15) is 0 Å². The van der Waals surface area contributed by atoms with Gasteiger partial charge in [0.15, 0.2) is 0 Å². The Morgan fingerprint density at radius 3 is 1.32 bits per heavy atom. The standard InChI is InChI=1S/C12H2Cl6S/c13-3-1-5(15)11-7(9(3)17)8-10(18)4(14)2-6(16)12(8)19-11/h1-2H. The maximum atomic E-state index is 6.27. The van der Waals surface area contributed by atoms with E-state index in [9.17, 15) is 0 Å². The predicted octanol–water partition coefficient (Wildman–Crippen LogP) is 7.97. The molecule has 0 aliphatic carbocycles.